The molecule has 1 saturated heterocycles. The van der Waals surface area contributed by atoms with Crippen molar-refractivity contribution in [2.45, 2.75) is 13.8 Å². The van der Waals surface area contributed by atoms with E-state index in [0.29, 0.717) is 0 Å². The molecular formula is C17H19N5O. The number of aryl methyl sites for hydroxylation is 2. The van der Waals surface area contributed by atoms with Crippen molar-refractivity contribution >= 4 is 11.3 Å². The van der Waals surface area contributed by atoms with Crippen molar-refractivity contribution in [3.63, 3.8) is 0 Å². The summed E-state index contributed by atoms with van der Waals surface area (Å²) in [6.45, 7) is 7.28. The average molecular weight is 309 g/mol. The second-order valence-electron chi connectivity index (χ2n) is 5.79. The van der Waals surface area contributed by atoms with Crippen LogP contribution in [0.15, 0.2) is 30.6 Å². The third kappa shape index (κ3) is 2.45. The van der Waals surface area contributed by atoms with E-state index in [4.69, 9.17) is 9.72 Å². The number of rotatable bonds is 2. The number of imidazole rings is 1. The van der Waals surface area contributed by atoms with Gasteiger partial charge in [0.1, 0.15) is 0 Å². The molecule has 1 aliphatic heterocycles. The van der Waals surface area contributed by atoms with Crippen molar-refractivity contribution in [1.82, 2.24) is 19.6 Å². The Morgan fingerprint density at radius 3 is 2.65 bits per heavy atom. The summed E-state index contributed by atoms with van der Waals surface area (Å²) < 4.78 is 7.37. The molecule has 6 heteroatoms. The molecule has 0 saturated carbocycles. The van der Waals surface area contributed by atoms with Crippen molar-refractivity contribution in [3.8, 4) is 11.3 Å². The first-order chi connectivity index (χ1) is 11.2. The third-order valence-electron chi connectivity index (χ3n) is 4.21. The van der Waals surface area contributed by atoms with Gasteiger partial charge in [-0.25, -0.2) is 9.50 Å². The van der Waals surface area contributed by atoms with Crippen LogP contribution in [0.4, 0.5) is 5.69 Å². The number of ether oxygens (including phenoxy) is 1. The number of aromatic nitrogens is 4. The van der Waals surface area contributed by atoms with E-state index in [1.54, 1.807) is 0 Å². The van der Waals surface area contributed by atoms with E-state index in [0.717, 1.165) is 60.3 Å². The summed E-state index contributed by atoms with van der Waals surface area (Å²) in [5, 5.41) is 4.52. The summed E-state index contributed by atoms with van der Waals surface area (Å²) in [7, 11) is 0. The lowest BCUT2D eigenvalue weighted by atomic mass is 10.1. The van der Waals surface area contributed by atoms with Crippen molar-refractivity contribution in [2.24, 2.45) is 0 Å². The van der Waals surface area contributed by atoms with E-state index in [-0.39, 0.29) is 0 Å². The van der Waals surface area contributed by atoms with Gasteiger partial charge in [-0.1, -0.05) is 0 Å². The molecule has 118 valence electrons. The number of nitrogens with zero attached hydrogens (tertiary/aromatic N) is 5. The molecule has 0 N–H and O–H groups in total. The first kappa shape index (κ1) is 14.1. The lowest BCUT2D eigenvalue weighted by Gasteiger charge is -2.28. The topological polar surface area (TPSA) is 55.5 Å². The van der Waals surface area contributed by atoms with Gasteiger partial charge < -0.3 is 9.64 Å². The smallest absolute Gasteiger partial charge is 0.178 e. The van der Waals surface area contributed by atoms with Crippen LogP contribution in [0.25, 0.3) is 16.9 Å². The van der Waals surface area contributed by atoms with E-state index >= 15 is 0 Å². The molecule has 6 nitrogen and oxygen atoms in total. The summed E-state index contributed by atoms with van der Waals surface area (Å²) >= 11 is 0. The lowest BCUT2D eigenvalue weighted by molar-refractivity contribution is 0.123. The minimum atomic E-state index is 0.753. The summed E-state index contributed by atoms with van der Waals surface area (Å²) in [5.41, 5.74) is 6.00. The van der Waals surface area contributed by atoms with Crippen LogP contribution in [-0.2, 0) is 4.74 Å². The zero-order valence-corrected chi connectivity index (χ0v) is 13.4. The quantitative estimate of drug-likeness (QED) is 0.727. The standard InChI is InChI=1S/C17H19N5O/c1-12-3-4-14(11-18-12)16-13(2)20-17-15(5-6-19-22(16)17)21-7-9-23-10-8-21/h3-6,11H,7-10H2,1-2H3. The summed E-state index contributed by atoms with van der Waals surface area (Å²) in [5.74, 6) is 0. The zero-order valence-electron chi connectivity index (χ0n) is 13.4. The van der Waals surface area contributed by atoms with Gasteiger partial charge in [0.25, 0.3) is 0 Å². The maximum atomic E-state index is 5.45. The third-order valence-corrected chi connectivity index (χ3v) is 4.21. The van der Waals surface area contributed by atoms with Crippen LogP contribution in [0.5, 0.6) is 0 Å². The Bertz CT molecular complexity index is 834. The van der Waals surface area contributed by atoms with Gasteiger partial charge in [0.05, 0.1) is 36.5 Å². The molecule has 0 unspecified atom stereocenters. The van der Waals surface area contributed by atoms with Gasteiger partial charge in [0.15, 0.2) is 5.65 Å². The van der Waals surface area contributed by atoms with Gasteiger partial charge in [-0.05, 0) is 32.0 Å². The van der Waals surface area contributed by atoms with Gasteiger partial charge in [-0.2, -0.15) is 5.10 Å². The Hall–Kier alpha value is -2.47. The number of anilines is 1. The number of morpholine rings is 1. The first-order valence-corrected chi connectivity index (χ1v) is 7.84. The van der Waals surface area contributed by atoms with E-state index in [9.17, 15) is 0 Å². The molecule has 1 aliphatic rings. The van der Waals surface area contributed by atoms with E-state index < -0.39 is 0 Å². The molecule has 0 radical (unpaired) electrons. The van der Waals surface area contributed by atoms with Crippen LogP contribution in [0.2, 0.25) is 0 Å². The number of hydrogen-bond donors (Lipinski definition) is 0. The largest absolute Gasteiger partial charge is 0.378 e. The Morgan fingerprint density at radius 1 is 1.09 bits per heavy atom. The minimum Gasteiger partial charge on any atom is -0.378 e. The summed E-state index contributed by atoms with van der Waals surface area (Å²) in [6, 6.07) is 6.12. The van der Waals surface area contributed by atoms with Gasteiger partial charge >= 0.3 is 0 Å². The molecule has 0 amide bonds. The number of fused-ring (bicyclic) bond motifs is 1. The monoisotopic (exact) mass is 309 g/mol. The Morgan fingerprint density at radius 2 is 1.91 bits per heavy atom. The fourth-order valence-corrected chi connectivity index (χ4v) is 3.03. The highest BCUT2D eigenvalue weighted by atomic mass is 16.5. The van der Waals surface area contributed by atoms with Crippen molar-refractivity contribution in [1.29, 1.82) is 0 Å². The first-order valence-electron chi connectivity index (χ1n) is 7.84. The SMILES string of the molecule is Cc1ccc(-c2c(C)nc3c(N4CCOCC4)ccnn23)cn1. The number of pyridine rings is 1. The normalized spacial score (nSPS) is 15.3. The molecule has 1 fully saturated rings. The maximum Gasteiger partial charge on any atom is 0.178 e. The van der Waals surface area contributed by atoms with Crippen molar-refractivity contribution in [2.75, 3.05) is 31.2 Å². The Labute approximate surface area is 134 Å². The van der Waals surface area contributed by atoms with Crippen LogP contribution in [0, 0.1) is 13.8 Å². The second kappa shape index (κ2) is 5.62. The lowest BCUT2D eigenvalue weighted by Crippen LogP contribution is -2.36. The Kier molecular flexibility index (Phi) is 3.46. The molecule has 4 heterocycles. The summed E-state index contributed by atoms with van der Waals surface area (Å²) in [4.78, 5) is 11.5. The van der Waals surface area contributed by atoms with Crippen LogP contribution < -0.4 is 4.90 Å². The highest BCUT2D eigenvalue weighted by molar-refractivity contribution is 5.75. The molecule has 3 aromatic rings. The predicted octanol–water partition coefficient (Wildman–Crippen LogP) is 2.24. The van der Waals surface area contributed by atoms with E-state index in [1.807, 2.05) is 42.9 Å². The molecule has 0 aliphatic carbocycles. The average Bonchev–Trinajstić information content (AvgIpc) is 2.92. The van der Waals surface area contributed by atoms with Crippen LogP contribution in [0.3, 0.4) is 0 Å². The highest BCUT2D eigenvalue weighted by Gasteiger charge is 2.19. The van der Waals surface area contributed by atoms with Crippen LogP contribution in [0.1, 0.15) is 11.4 Å². The molecule has 0 spiro atoms. The van der Waals surface area contributed by atoms with Crippen LogP contribution >= 0.6 is 0 Å². The molecule has 0 aromatic carbocycles. The number of hydrogen-bond acceptors (Lipinski definition) is 5. The van der Waals surface area contributed by atoms with Gasteiger partial charge in [0, 0.05) is 30.5 Å². The predicted molar refractivity (Wildman–Crippen MR) is 88.7 cm³/mol. The molecule has 3 aromatic heterocycles. The fourth-order valence-electron chi connectivity index (χ4n) is 3.03. The minimum absolute atomic E-state index is 0.753. The van der Waals surface area contributed by atoms with Gasteiger partial charge in [0.2, 0.25) is 0 Å². The van der Waals surface area contributed by atoms with Crippen LogP contribution in [-0.4, -0.2) is 45.9 Å². The van der Waals surface area contributed by atoms with E-state index in [2.05, 4.69) is 21.0 Å². The second-order valence-corrected chi connectivity index (χ2v) is 5.79. The van der Waals surface area contributed by atoms with Crippen molar-refractivity contribution < 1.29 is 4.74 Å². The molecular weight excluding hydrogens is 290 g/mol. The highest BCUT2D eigenvalue weighted by Crippen LogP contribution is 2.28. The summed E-state index contributed by atoms with van der Waals surface area (Å²) in [6.07, 6.45) is 3.72. The van der Waals surface area contributed by atoms with Gasteiger partial charge in [-0.15, -0.1) is 0 Å². The van der Waals surface area contributed by atoms with Crippen molar-refractivity contribution in [3.05, 3.63) is 42.0 Å². The maximum absolute atomic E-state index is 5.45. The Balaban J connectivity index is 1.87. The molecule has 0 bridgehead atoms. The molecule has 23 heavy (non-hydrogen) atoms. The molecule has 0 atom stereocenters. The van der Waals surface area contributed by atoms with E-state index in [1.165, 1.54) is 0 Å². The van der Waals surface area contributed by atoms with Gasteiger partial charge in [-0.3, -0.25) is 4.98 Å². The molecule has 4 rings (SSSR count). The fraction of sp³-hybridized carbons (Fsp3) is 0.353. The zero-order chi connectivity index (χ0) is 15.8.